The zero-order chi connectivity index (χ0) is 21.7. The minimum absolute atomic E-state index is 0.955. The summed E-state index contributed by atoms with van der Waals surface area (Å²) in [5, 5.41) is 0. The molecule has 0 atom stereocenters. The van der Waals surface area contributed by atoms with Gasteiger partial charge in [0.05, 0.1) is 0 Å². The van der Waals surface area contributed by atoms with Crippen molar-refractivity contribution in [1.82, 2.24) is 4.98 Å². The Balaban J connectivity index is 1.25. The van der Waals surface area contributed by atoms with Crippen LogP contribution in [0.5, 0.6) is 0 Å². The number of hydrogen-bond acceptors (Lipinski definition) is 1. The maximum atomic E-state index is 4.77. The molecule has 1 heterocycles. The van der Waals surface area contributed by atoms with Crippen molar-refractivity contribution < 1.29 is 0 Å². The Morgan fingerprint density at radius 1 is 0.613 bits per heavy atom. The molecule has 1 aromatic heterocycles. The van der Waals surface area contributed by atoms with Crippen LogP contribution in [0, 0.1) is 23.7 Å². The minimum atomic E-state index is 0.955. The molecule has 1 nitrogen and oxygen atoms in total. The quantitative estimate of drug-likeness (QED) is 0.287. The van der Waals surface area contributed by atoms with Gasteiger partial charge in [0.25, 0.3) is 0 Å². The molecule has 3 rings (SSSR count). The molecule has 0 bridgehead atoms. The topological polar surface area (TPSA) is 12.9 Å². The van der Waals surface area contributed by atoms with E-state index in [1.165, 1.54) is 133 Å². The van der Waals surface area contributed by atoms with E-state index >= 15 is 0 Å². The van der Waals surface area contributed by atoms with Gasteiger partial charge in [-0.1, -0.05) is 116 Å². The van der Waals surface area contributed by atoms with E-state index in [2.05, 4.69) is 32.2 Å². The summed E-state index contributed by atoms with van der Waals surface area (Å²) in [6.45, 7) is 4.63. The molecule has 0 aromatic carbocycles. The van der Waals surface area contributed by atoms with Gasteiger partial charge in [0.1, 0.15) is 0 Å². The highest BCUT2D eigenvalue weighted by molar-refractivity contribution is 5.14. The van der Waals surface area contributed by atoms with Gasteiger partial charge < -0.3 is 0 Å². The van der Waals surface area contributed by atoms with E-state index < -0.39 is 0 Å². The van der Waals surface area contributed by atoms with Gasteiger partial charge in [-0.15, -0.1) is 0 Å². The van der Waals surface area contributed by atoms with Gasteiger partial charge in [-0.25, -0.2) is 0 Å². The summed E-state index contributed by atoms with van der Waals surface area (Å²) < 4.78 is 0. The molecule has 1 aromatic rings. The van der Waals surface area contributed by atoms with Crippen molar-refractivity contribution in [1.29, 1.82) is 0 Å². The second-order valence-electron chi connectivity index (χ2n) is 11.1. The lowest BCUT2D eigenvalue weighted by molar-refractivity contribution is 0.209. The van der Waals surface area contributed by atoms with Crippen molar-refractivity contribution in [2.24, 2.45) is 23.7 Å². The third-order valence-electron chi connectivity index (χ3n) is 8.63. The Morgan fingerprint density at radius 2 is 1.19 bits per heavy atom. The number of hydrogen-bond donors (Lipinski definition) is 0. The van der Waals surface area contributed by atoms with Crippen molar-refractivity contribution in [3.63, 3.8) is 0 Å². The Bertz CT molecular complexity index is 561. The Morgan fingerprint density at radius 3 is 1.71 bits per heavy atom. The fourth-order valence-corrected chi connectivity index (χ4v) is 6.36. The van der Waals surface area contributed by atoms with Crippen molar-refractivity contribution in [3.8, 4) is 0 Å². The molecule has 2 saturated carbocycles. The van der Waals surface area contributed by atoms with Gasteiger partial charge in [-0.2, -0.15) is 0 Å². The summed E-state index contributed by atoms with van der Waals surface area (Å²) in [7, 11) is 0. The van der Waals surface area contributed by atoms with E-state index in [9.17, 15) is 0 Å². The predicted octanol–water partition coefficient (Wildman–Crippen LogP) is 9.33. The van der Waals surface area contributed by atoms with E-state index in [-0.39, 0.29) is 0 Å². The van der Waals surface area contributed by atoms with E-state index in [0.717, 1.165) is 23.7 Å². The van der Waals surface area contributed by atoms with Crippen LogP contribution >= 0.6 is 0 Å². The molecule has 1 heteroatoms. The molecule has 0 saturated heterocycles. The third-order valence-corrected chi connectivity index (χ3v) is 8.63. The second-order valence-corrected chi connectivity index (χ2v) is 11.1. The smallest absolute Gasteiger partial charge is 0.0403 e. The van der Waals surface area contributed by atoms with Gasteiger partial charge in [-0.05, 0) is 61.0 Å². The number of pyridine rings is 1. The number of unbranched alkanes of at least 4 members (excludes halogenated alkanes) is 3. The van der Waals surface area contributed by atoms with Gasteiger partial charge in [0.15, 0.2) is 0 Å². The zero-order valence-corrected chi connectivity index (χ0v) is 20.9. The Hall–Kier alpha value is -0.850. The van der Waals surface area contributed by atoms with Crippen LogP contribution in [0.2, 0.25) is 0 Å². The lowest BCUT2D eigenvalue weighted by Crippen LogP contribution is -2.18. The first-order valence-electron chi connectivity index (χ1n) is 14.2. The van der Waals surface area contributed by atoms with Crippen LogP contribution in [0.25, 0.3) is 0 Å². The first kappa shape index (κ1) is 24.8. The number of rotatable bonds is 13. The molecule has 176 valence electrons. The average Bonchev–Trinajstić information content (AvgIpc) is 2.82. The van der Waals surface area contributed by atoms with Gasteiger partial charge >= 0.3 is 0 Å². The average molecular weight is 426 g/mol. The van der Waals surface area contributed by atoms with Gasteiger partial charge in [0, 0.05) is 11.9 Å². The normalized spacial score (nSPS) is 26.8. The monoisotopic (exact) mass is 425 g/mol. The third kappa shape index (κ3) is 9.27. The summed E-state index contributed by atoms with van der Waals surface area (Å²) in [4.78, 5) is 4.77. The van der Waals surface area contributed by atoms with Crippen LogP contribution in [0.1, 0.15) is 134 Å². The van der Waals surface area contributed by atoms with Gasteiger partial charge in [-0.3, -0.25) is 4.98 Å². The fraction of sp³-hybridized carbons (Fsp3) is 0.833. The fourth-order valence-electron chi connectivity index (χ4n) is 6.36. The maximum absolute atomic E-state index is 4.77. The minimum Gasteiger partial charge on any atom is -0.261 e. The summed E-state index contributed by atoms with van der Waals surface area (Å²) >= 11 is 0. The maximum Gasteiger partial charge on any atom is 0.0403 e. The zero-order valence-electron chi connectivity index (χ0n) is 20.9. The number of aromatic nitrogens is 1. The Labute approximate surface area is 194 Å². The molecule has 0 aliphatic heterocycles. The van der Waals surface area contributed by atoms with Crippen LogP contribution in [0.3, 0.4) is 0 Å². The highest BCUT2D eigenvalue weighted by atomic mass is 14.7. The molecule has 2 aliphatic rings. The lowest BCUT2D eigenvalue weighted by Gasteiger charge is -2.32. The highest BCUT2D eigenvalue weighted by Crippen LogP contribution is 2.38. The standard InChI is InChI=1S/C30H51N/c1-3-5-6-7-9-29-21-23-30(31-24-29)22-20-28-18-16-27(17-19-28)15-14-26-12-10-25(8-4-2)11-13-26/h21,23-28H,3-20,22H2,1-2H3. The number of aryl methyl sites for hydroxylation is 2. The molecule has 0 unspecified atom stereocenters. The first-order valence-corrected chi connectivity index (χ1v) is 14.2. The van der Waals surface area contributed by atoms with Crippen LogP contribution in [0.4, 0.5) is 0 Å². The van der Waals surface area contributed by atoms with Crippen molar-refractivity contribution in [2.45, 2.75) is 136 Å². The summed E-state index contributed by atoms with van der Waals surface area (Å²) in [6.07, 6.45) is 29.3. The molecule has 0 spiro atoms. The van der Waals surface area contributed by atoms with Crippen LogP contribution in [-0.4, -0.2) is 4.98 Å². The number of nitrogens with zero attached hydrogens (tertiary/aromatic N) is 1. The van der Waals surface area contributed by atoms with Crippen molar-refractivity contribution in [3.05, 3.63) is 29.6 Å². The lowest BCUT2D eigenvalue weighted by atomic mass is 9.74. The predicted molar refractivity (Wildman–Crippen MR) is 135 cm³/mol. The highest BCUT2D eigenvalue weighted by Gasteiger charge is 2.24. The SMILES string of the molecule is CCCCCCc1ccc(CCC2CCC(CCC3CCC(CCC)CC3)CC2)nc1. The largest absolute Gasteiger partial charge is 0.261 e. The molecule has 2 fully saturated rings. The molecule has 2 aliphatic carbocycles. The van der Waals surface area contributed by atoms with Crippen molar-refractivity contribution >= 4 is 0 Å². The van der Waals surface area contributed by atoms with Crippen LogP contribution < -0.4 is 0 Å². The van der Waals surface area contributed by atoms with Crippen LogP contribution in [0.15, 0.2) is 18.3 Å². The first-order chi connectivity index (χ1) is 15.3. The van der Waals surface area contributed by atoms with Crippen molar-refractivity contribution in [2.75, 3.05) is 0 Å². The van der Waals surface area contributed by atoms with E-state index in [0.29, 0.717) is 0 Å². The molecule has 0 radical (unpaired) electrons. The van der Waals surface area contributed by atoms with E-state index in [1.54, 1.807) is 0 Å². The molecule has 0 N–H and O–H groups in total. The van der Waals surface area contributed by atoms with Crippen LogP contribution in [-0.2, 0) is 12.8 Å². The summed E-state index contributed by atoms with van der Waals surface area (Å²) in [5.41, 5.74) is 2.75. The second kappa shape index (κ2) is 14.3. The molecular formula is C30H51N. The summed E-state index contributed by atoms with van der Waals surface area (Å²) in [6, 6.07) is 4.64. The van der Waals surface area contributed by atoms with E-state index in [4.69, 9.17) is 4.98 Å². The summed E-state index contributed by atoms with van der Waals surface area (Å²) in [5.74, 6) is 4.12. The van der Waals surface area contributed by atoms with Gasteiger partial charge in [0.2, 0.25) is 0 Å². The molecular weight excluding hydrogens is 374 g/mol. The molecule has 31 heavy (non-hydrogen) atoms. The van der Waals surface area contributed by atoms with E-state index in [1.807, 2.05) is 0 Å². The molecule has 0 amide bonds. The Kier molecular flexibility index (Phi) is 11.5.